The third-order valence-electron chi connectivity index (χ3n) is 1.96. The lowest BCUT2D eigenvalue weighted by Crippen LogP contribution is -2.11. The second-order valence-corrected chi connectivity index (χ2v) is 6.24. The lowest BCUT2D eigenvalue weighted by Gasteiger charge is -2.19. The highest BCUT2D eigenvalue weighted by atomic mass is 32.2. The average Bonchev–Trinajstić information content (AvgIpc) is 2.03. The molecule has 0 amide bonds. The quantitative estimate of drug-likeness (QED) is 0.729. The van der Waals surface area contributed by atoms with Crippen LogP contribution in [-0.2, 0) is 5.75 Å². The van der Waals surface area contributed by atoms with Crippen molar-refractivity contribution in [1.29, 1.82) is 0 Å². The molecule has 0 heterocycles. The molecular weight excluding hydrogens is 178 g/mol. The van der Waals surface area contributed by atoms with Crippen molar-refractivity contribution in [3.05, 3.63) is 29.8 Å². The molecule has 0 aliphatic heterocycles. The van der Waals surface area contributed by atoms with Crippen molar-refractivity contribution in [2.75, 3.05) is 31.5 Å². The van der Waals surface area contributed by atoms with Gasteiger partial charge in [0.25, 0.3) is 0 Å². The van der Waals surface area contributed by atoms with Gasteiger partial charge in [-0.25, -0.2) is 0 Å². The van der Waals surface area contributed by atoms with Crippen LogP contribution in [0.5, 0.6) is 0 Å². The molecule has 1 aromatic carbocycles. The summed E-state index contributed by atoms with van der Waals surface area (Å²) in [5.41, 5.74) is 2.84. The molecule has 0 aromatic heterocycles. The standard InChI is InChI=1S/C11H19NS/c1-12(2)11-8-6-5-7-10(11)9-13(3)4/h5-8,13H,9H2,1-4H3. The molecule has 1 aromatic rings. The van der Waals surface area contributed by atoms with Crippen LogP contribution in [0.1, 0.15) is 5.56 Å². The maximum Gasteiger partial charge on any atom is 0.0401 e. The minimum absolute atomic E-state index is 0.156. The van der Waals surface area contributed by atoms with Gasteiger partial charge in [-0.1, -0.05) is 18.2 Å². The first-order valence-corrected chi connectivity index (χ1v) is 6.93. The van der Waals surface area contributed by atoms with Gasteiger partial charge in [0, 0.05) is 25.5 Å². The van der Waals surface area contributed by atoms with E-state index < -0.39 is 0 Å². The molecule has 0 radical (unpaired) electrons. The minimum Gasteiger partial charge on any atom is -0.377 e. The zero-order valence-electron chi connectivity index (χ0n) is 8.91. The highest BCUT2D eigenvalue weighted by Gasteiger charge is 2.03. The Hall–Kier alpha value is -0.630. The molecular formula is C11H19NS. The van der Waals surface area contributed by atoms with Crippen molar-refractivity contribution in [2.45, 2.75) is 5.75 Å². The van der Waals surface area contributed by atoms with Gasteiger partial charge in [0.1, 0.15) is 0 Å². The predicted molar refractivity (Wildman–Crippen MR) is 65.3 cm³/mol. The number of rotatable bonds is 3. The summed E-state index contributed by atoms with van der Waals surface area (Å²) in [6.45, 7) is 0. The van der Waals surface area contributed by atoms with Crippen molar-refractivity contribution in [1.82, 2.24) is 0 Å². The zero-order valence-corrected chi connectivity index (χ0v) is 9.81. The maximum atomic E-state index is 2.32. The van der Waals surface area contributed by atoms with Gasteiger partial charge in [0.05, 0.1) is 0 Å². The Balaban J connectivity index is 2.91. The van der Waals surface area contributed by atoms with Crippen molar-refractivity contribution in [3.8, 4) is 0 Å². The van der Waals surface area contributed by atoms with Crippen LogP contribution in [0.2, 0.25) is 0 Å². The Bertz CT molecular complexity index is 269. The number of thiol groups is 1. The van der Waals surface area contributed by atoms with Crippen LogP contribution in [0.4, 0.5) is 5.69 Å². The molecule has 0 fully saturated rings. The molecule has 74 valence electrons. The second-order valence-electron chi connectivity index (χ2n) is 3.76. The number of para-hydroxylation sites is 1. The van der Waals surface area contributed by atoms with Gasteiger partial charge < -0.3 is 4.90 Å². The molecule has 0 spiro atoms. The van der Waals surface area contributed by atoms with E-state index in [1.807, 2.05) is 0 Å². The molecule has 0 bridgehead atoms. The molecule has 0 unspecified atom stereocenters. The Morgan fingerprint density at radius 1 is 1.15 bits per heavy atom. The third-order valence-corrected chi connectivity index (χ3v) is 2.93. The van der Waals surface area contributed by atoms with Gasteiger partial charge in [-0.05, 0) is 24.1 Å². The summed E-state index contributed by atoms with van der Waals surface area (Å²) >= 11 is 0. The Labute approximate surface area is 84.1 Å². The van der Waals surface area contributed by atoms with Crippen LogP contribution < -0.4 is 4.90 Å². The Kier molecular flexibility index (Phi) is 3.67. The van der Waals surface area contributed by atoms with E-state index in [2.05, 4.69) is 55.8 Å². The van der Waals surface area contributed by atoms with E-state index in [4.69, 9.17) is 0 Å². The molecule has 0 aliphatic carbocycles. The summed E-state index contributed by atoms with van der Waals surface area (Å²) in [6.07, 6.45) is 4.64. The van der Waals surface area contributed by atoms with Crippen molar-refractivity contribution in [2.24, 2.45) is 0 Å². The number of hydrogen-bond donors (Lipinski definition) is 1. The second kappa shape index (κ2) is 4.56. The lowest BCUT2D eigenvalue weighted by atomic mass is 10.2. The molecule has 13 heavy (non-hydrogen) atoms. The number of hydrogen-bond acceptors (Lipinski definition) is 1. The van der Waals surface area contributed by atoms with Crippen molar-refractivity contribution < 1.29 is 0 Å². The van der Waals surface area contributed by atoms with Crippen LogP contribution in [0.25, 0.3) is 0 Å². The first kappa shape index (κ1) is 10.5. The maximum absolute atomic E-state index is 2.32. The monoisotopic (exact) mass is 197 g/mol. The van der Waals surface area contributed by atoms with E-state index in [9.17, 15) is 0 Å². The van der Waals surface area contributed by atoms with Gasteiger partial charge in [0.15, 0.2) is 0 Å². The Morgan fingerprint density at radius 3 is 2.31 bits per heavy atom. The summed E-state index contributed by atoms with van der Waals surface area (Å²) in [7, 11) is 4.36. The zero-order chi connectivity index (χ0) is 9.84. The SMILES string of the molecule is CN(C)c1ccccc1C[SH](C)C. The number of nitrogens with zero attached hydrogens (tertiary/aromatic N) is 1. The molecule has 0 aliphatic rings. The first-order chi connectivity index (χ1) is 6.11. The van der Waals surface area contributed by atoms with Crippen molar-refractivity contribution >= 4 is 16.6 Å². The van der Waals surface area contributed by atoms with Gasteiger partial charge in [0.2, 0.25) is 0 Å². The van der Waals surface area contributed by atoms with Crippen LogP contribution in [0.15, 0.2) is 24.3 Å². The van der Waals surface area contributed by atoms with Gasteiger partial charge >= 0.3 is 0 Å². The largest absolute Gasteiger partial charge is 0.377 e. The van der Waals surface area contributed by atoms with Crippen LogP contribution in [0, 0.1) is 0 Å². The molecule has 0 N–H and O–H groups in total. The predicted octanol–water partition coefficient (Wildman–Crippen LogP) is 2.51. The van der Waals surface area contributed by atoms with E-state index in [0.717, 1.165) is 0 Å². The summed E-state index contributed by atoms with van der Waals surface area (Å²) in [4.78, 5) is 2.19. The van der Waals surface area contributed by atoms with Crippen molar-refractivity contribution in [3.63, 3.8) is 0 Å². The fraction of sp³-hybridized carbons (Fsp3) is 0.455. The molecule has 0 saturated carbocycles. The molecule has 1 rings (SSSR count). The van der Waals surface area contributed by atoms with E-state index in [1.165, 1.54) is 17.0 Å². The van der Waals surface area contributed by atoms with Crippen LogP contribution in [0.3, 0.4) is 0 Å². The van der Waals surface area contributed by atoms with E-state index in [0.29, 0.717) is 0 Å². The minimum atomic E-state index is 0.156. The van der Waals surface area contributed by atoms with Gasteiger partial charge in [-0.15, -0.1) is 0 Å². The van der Waals surface area contributed by atoms with Gasteiger partial charge in [-0.2, -0.15) is 0 Å². The molecule has 0 saturated heterocycles. The fourth-order valence-corrected chi connectivity index (χ4v) is 2.37. The summed E-state index contributed by atoms with van der Waals surface area (Å²) in [5.74, 6) is 1.23. The number of anilines is 1. The van der Waals surface area contributed by atoms with Gasteiger partial charge in [-0.3, -0.25) is 10.9 Å². The first-order valence-electron chi connectivity index (χ1n) is 4.51. The summed E-state index contributed by atoms with van der Waals surface area (Å²) in [5, 5.41) is 0. The van der Waals surface area contributed by atoms with E-state index >= 15 is 0 Å². The summed E-state index contributed by atoms with van der Waals surface area (Å²) in [6, 6.07) is 8.65. The summed E-state index contributed by atoms with van der Waals surface area (Å²) < 4.78 is 0. The smallest absolute Gasteiger partial charge is 0.0401 e. The highest BCUT2D eigenvalue weighted by molar-refractivity contribution is 8.15. The molecule has 2 heteroatoms. The van der Waals surface area contributed by atoms with Crippen LogP contribution in [-0.4, -0.2) is 26.6 Å². The normalized spacial score (nSPS) is 11.2. The lowest BCUT2D eigenvalue weighted by molar-refractivity contribution is 1.11. The third kappa shape index (κ3) is 2.96. The molecule has 0 atom stereocenters. The number of benzene rings is 1. The Morgan fingerprint density at radius 2 is 1.77 bits per heavy atom. The topological polar surface area (TPSA) is 3.24 Å². The molecule has 1 nitrogen and oxygen atoms in total. The highest BCUT2D eigenvalue weighted by Crippen LogP contribution is 2.27. The van der Waals surface area contributed by atoms with Crippen LogP contribution >= 0.6 is 10.9 Å². The fourth-order valence-electron chi connectivity index (χ4n) is 1.42. The van der Waals surface area contributed by atoms with E-state index in [-0.39, 0.29) is 10.9 Å². The average molecular weight is 197 g/mol. The van der Waals surface area contributed by atoms with E-state index in [1.54, 1.807) is 0 Å².